The number of sulfonamides is 1. The van der Waals surface area contributed by atoms with Crippen LogP contribution >= 0.6 is 34.8 Å². The van der Waals surface area contributed by atoms with E-state index < -0.39 is 34.3 Å². The molecule has 3 rings (SSSR count). The highest BCUT2D eigenvalue weighted by molar-refractivity contribution is 7.89. The number of halogens is 3. The summed E-state index contributed by atoms with van der Waals surface area (Å²) in [5, 5.41) is 1.01. The smallest absolute Gasteiger partial charge is 0.309 e. The molecule has 10 heteroatoms. The van der Waals surface area contributed by atoms with Crippen LogP contribution in [0.2, 0.25) is 15.1 Å². The summed E-state index contributed by atoms with van der Waals surface area (Å²) >= 11 is 17.5. The molecule has 6 nitrogen and oxygen atoms in total. The molecule has 0 bridgehead atoms. The number of rotatable bonds is 6. The maximum atomic E-state index is 12.7. The number of benzene rings is 2. The Kier molecular flexibility index (Phi) is 7.42. The number of hydrogen-bond acceptors (Lipinski definition) is 5. The van der Waals surface area contributed by atoms with Gasteiger partial charge in [0.15, 0.2) is 12.4 Å². The molecule has 0 radical (unpaired) electrons. The van der Waals surface area contributed by atoms with Crippen molar-refractivity contribution in [3.05, 3.63) is 63.1 Å². The molecular formula is C20H18Cl3NO5S. The second kappa shape index (κ2) is 9.66. The number of piperidine rings is 1. The molecule has 0 atom stereocenters. The van der Waals surface area contributed by atoms with E-state index in [4.69, 9.17) is 39.5 Å². The Balaban J connectivity index is 1.53. The van der Waals surface area contributed by atoms with Gasteiger partial charge in [-0.05, 0) is 55.3 Å². The van der Waals surface area contributed by atoms with Crippen LogP contribution in [0, 0.1) is 5.92 Å². The molecular weight excluding hydrogens is 473 g/mol. The van der Waals surface area contributed by atoms with E-state index in [1.807, 2.05) is 0 Å². The van der Waals surface area contributed by atoms with Crippen LogP contribution in [0.5, 0.6) is 0 Å². The lowest BCUT2D eigenvalue weighted by Crippen LogP contribution is -2.40. The molecule has 0 unspecified atom stereocenters. The topological polar surface area (TPSA) is 80.8 Å². The monoisotopic (exact) mass is 489 g/mol. The lowest BCUT2D eigenvalue weighted by atomic mass is 9.98. The molecule has 30 heavy (non-hydrogen) atoms. The third-order valence-corrected chi connectivity index (χ3v) is 7.73. The van der Waals surface area contributed by atoms with Crippen molar-refractivity contribution >= 4 is 56.6 Å². The zero-order valence-corrected chi connectivity index (χ0v) is 18.8. The maximum Gasteiger partial charge on any atom is 0.309 e. The van der Waals surface area contributed by atoms with E-state index in [2.05, 4.69) is 0 Å². The molecule has 1 fully saturated rings. The third kappa shape index (κ3) is 5.34. The van der Waals surface area contributed by atoms with Crippen LogP contribution < -0.4 is 0 Å². The van der Waals surface area contributed by atoms with E-state index in [1.165, 1.54) is 46.8 Å². The lowest BCUT2D eigenvalue weighted by molar-refractivity contribution is -0.148. The van der Waals surface area contributed by atoms with Crippen molar-refractivity contribution in [3.8, 4) is 0 Å². The molecule has 2 aromatic carbocycles. The van der Waals surface area contributed by atoms with Crippen LogP contribution in [0.4, 0.5) is 0 Å². The van der Waals surface area contributed by atoms with Gasteiger partial charge in [-0.1, -0.05) is 34.8 Å². The quantitative estimate of drug-likeness (QED) is 0.441. The van der Waals surface area contributed by atoms with Gasteiger partial charge in [-0.25, -0.2) is 8.42 Å². The van der Waals surface area contributed by atoms with E-state index in [9.17, 15) is 18.0 Å². The molecule has 1 aliphatic heterocycles. The van der Waals surface area contributed by atoms with Gasteiger partial charge in [-0.2, -0.15) is 4.31 Å². The Morgan fingerprint density at radius 1 is 0.967 bits per heavy atom. The van der Waals surface area contributed by atoms with Crippen LogP contribution in [-0.4, -0.2) is 44.2 Å². The first-order valence-electron chi connectivity index (χ1n) is 9.09. The number of carbonyl (C=O) groups is 2. The van der Waals surface area contributed by atoms with E-state index in [0.717, 1.165) is 0 Å². The predicted octanol–water partition coefficient (Wildman–Crippen LogP) is 4.47. The Hall–Kier alpha value is -1.64. The van der Waals surface area contributed by atoms with Crippen molar-refractivity contribution in [2.45, 2.75) is 17.7 Å². The molecule has 0 aromatic heterocycles. The average molecular weight is 491 g/mol. The molecule has 2 aromatic rings. The molecule has 0 saturated carbocycles. The number of ketones is 1. The zero-order valence-electron chi connectivity index (χ0n) is 15.7. The highest BCUT2D eigenvalue weighted by atomic mass is 35.5. The first kappa shape index (κ1) is 23.0. The van der Waals surface area contributed by atoms with E-state index in [-0.39, 0.29) is 23.0 Å². The Morgan fingerprint density at radius 3 is 2.20 bits per heavy atom. The fraction of sp³-hybridized carbons (Fsp3) is 0.300. The van der Waals surface area contributed by atoms with Gasteiger partial charge in [-0.3, -0.25) is 9.59 Å². The second-order valence-corrected chi connectivity index (χ2v) is 9.98. The molecule has 0 aliphatic carbocycles. The van der Waals surface area contributed by atoms with Gasteiger partial charge < -0.3 is 4.74 Å². The summed E-state index contributed by atoms with van der Waals surface area (Å²) in [6.45, 7) is -0.0446. The van der Waals surface area contributed by atoms with Crippen LogP contribution in [0.3, 0.4) is 0 Å². The largest absolute Gasteiger partial charge is 0.457 e. The van der Waals surface area contributed by atoms with Crippen molar-refractivity contribution in [2.24, 2.45) is 5.92 Å². The highest BCUT2D eigenvalue weighted by Crippen LogP contribution is 2.26. The van der Waals surface area contributed by atoms with Gasteiger partial charge in [0.25, 0.3) is 0 Å². The standard InChI is InChI=1S/C20H18Cl3NO5S/c21-15-2-4-16(5-3-15)30(27,28)24-9-7-13(8-10-24)20(26)29-12-19(25)14-1-6-17(22)18(23)11-14/h1-6,11,13H,7-10,12H2. The van der Waals surface area contributed by atoms with E-state index in [0.29, 0.717) is 28.5 Å². The third-order valence-electron chi connectivity index (χ3n) is 4.83. The minimum atomic E-state index is -3.65. The van der Waals surface area contributed by atoms with Crippen molar-refractivity contribution in [1.82, 2.24) is 4.31 Å². The summed E-state index contributed by atoms with van der Waals surface area (Å²) in [5.41, 5.74) is 0.293. The van der Waals surface area contributed by atoms with Crippen LogP contribution in [0.25, 0.3) is 0 Å². The minimum Gasteiger partial charge on any atom is -0.457 e. The number of esters is 1. The number of hydrogen-bond donors (Lipinski definition) is 0. The molecule has 160 valence electrons. The predicted molar refractivity (Wildman–Crippen MR) is 115 cm³/mol. The molecule has 1 aliphatic rings. The van der Waals surface area contributed by atoms with Crippen molar-refractivity contribution < 1.29 is 22.7 Å². The molecule has 0 N–H and O–H groups in total. The van der Waals surface area contributed by atoms with Crippen LogP contribution in [-0.2, 0) is 19.6 Å². The normalized spacial score (nSPS) is 15.7. The Bertz CT molecular complexity index is 1050. The first-order valence-corrected chi connectivity index (χ1v) is 11.7. The fourth-order valence-electron chi connectivity index (χ4n) is 3.09. The number of ether oxygens (including phenoxy) is 1. The summed E-state index contributed by atoms with van der Waals surface area (Å²) in [4.78, 5) is 24.7. The molecule has 1 saturated heterocycles. The van der Waals surface area contributed by atoms with Gasteiger partial charge in [0.1, 0.15) is 0 Å². The van der Waals surface area contributed by atoms with Crippen molar-refractivity contribution in [3.63, 3.8) is 0 Å². The van der Waals surface area contributed by atoms with Gasteiger partial charge >= 0.3 is 5.97 Å². The summed E-state index contributed by atoms with van der Waals surface area (Å²) in [7, 11) is -3.65. The fourth-order valence-corrected chi connectivity index (χ4v) is 4.99. The number of carbonyl (C=O) groups excluding carboxylic acids is 2. The maximum absolute atomic E-state index is 12.7. The van der Waals surface area contributed by atoms with Gasteiger partial charge in [0, 0.05) is 23.7 Å². The van der Waals surface area contributed by atoms with E-state index >= 15 is 0 Å². The highest BCUT2D eigenvalue weighted by Gasteiger charge is 2.33. The average Bonchev–Trinajstić information content (AvgIpc) is 2.74. The van der Waals surface area contributed by atoms with Crippen LogP contribution in [0.15, 0.2) is 47.4 Å². The zero-order chi connectivity index (χ0) is 21.9. The summed E-state index contributed by atoms with van der Waals surface area (Å²) < 4.78 is 31.9. The second-order valence-electron chi connectivity index (χ2n) is 6.79. The van der Waals surface area contributed by atoms with Crippen LogP contribution in [0.1, 0.15) is 23.2 Å². The molecule has 0 spiro atoms. The van der Waals surface area contributed by atoms with E-state index in [1.54, 1.807) is 0 Å². The van der Waals surface area contributed by atoms with Crippen molar-refractivity contribution in [1.29, 1.82) is 0 Å². The minimum absolute atomic E-state index is 0.153. The van der Waals surface area contributed by atoms with Crippen molar-refractivity contribution in [2.75, 3.05) is 19.7 Å². The van der Waals surface area contributed by atoms with Gasteiger partial charge in [-0.15, -0.1) is 0 Å². The Morgan fingerprint density at radius 2 is 1.60 bits per heavy atom. The first-order chi connectivity index (χ1) is 14.2. The SMILES string of the molecule is O=C(COC(=O)C1CCN(S(=O)(=O)c2ccc(Cl)cc2)CC1)c1ccc(Cl)c(Cl)c1. The van der Waals surface area contributed by atoms with Gasteiger partial charge in [0.2, 0.25) is 10.0 Å². The summed E-state index contributed by atoms with van der Waals surface area (Å²) in [6, 6.07) is 10.4. The Labute approximate surface area is 189 Å². The number of nitrogens with zero attached hydrogens (tertiary/aromatic N) is 1. The number of Topliss-reactive ketones (excluding diaryl/α,β-unsaturated/α-hetero) is 1. The lowest BCUT2D eigenvalue weighted by Gasteiger charge is -2.30. The summed E-state index contributed by atoms with van der Waals surface area (Å²) in [5.74, 6) is -1.39. The molecule has 0 amide bonds. The van der Waals surface area contributed by atoms with Gasteiger partial charge in [0.05, 0.1) is 20.9 Å². The molecule has 1 heterocycles. The summed E-state index contributed by atoms with van der Waals surface area (Å²) in [6.07, 6.45) is 0.624.